The summed E-state index contributed by atoms with van der Waals surface area (Å²) in [5.74, 6) is 0.685. The molecule has 1 saturated carbocycles. The molecule has 0 aliphatic heterocycles. The van der Waals surface area contributed by atoms with Crippen molar-refractivity contribution in [1.82, 2.24) is 4.98 Å². The SMILES string of the molecule is Bc1ccc(F)c(COc2cc3c(cn2)[C@H]2[C@@H](C3)[C@@H]2C(=O)OCC)c1. The van der Waals surface area contributed by atoms with Gasteiger partial charge in [0.2, 0.25) is 5.88 Å². The van der Waals surface area contributed by atoms with Crippen molar-refractivity contribution in [2.45, 2.75) is 25.9 Å². The van der Waals surface area contributed by atoms with Crippen molar-refractivity contribution >= 4 is 19.3 Å². The van der Waals surface area contributed by atoms with Crippen LogP contribution in [0, 0.1) is 17.7 Å². The van der Waals surface area contributed by atoms with Gasteiger partial charge in [0.15, 0.2) is 0 Å². The summed E-state index contributed by atoms with van der Waals surface area (Å²) in [5, 5.41) is 0. The number of nitrogens with zero attached hydrogens (tertiary/aromatic N) is 1. The first-order valence-corrected chi connectivity index (χ1v) is 8.61. The Kier molecular flexibility index (Phi) is 3.98. The third kappa shape index (κ3) is 2.90. The van der Waals surface area contributed by atoms with Gasteiger partial charge in [0.1, 0.15) is 20.3 Å². The first-order chi connectivity index (χ1) is 12.1. The van der Waals surface area contributed by atoms with Gasteiger partial charge in [-0.2, -0.15) is 0 Å². The lowest BCUT2D eigenvalue weighted by molar-refractivity contribution is -0.145. The van der Waals surface area contributed by atoms with Crippen molar-refractivity contribution in [2.24, 2.45) is 11.8 Å². The fourth-order valence-corrected chi connectivity index (χ4v) is 3.87. The zero-order chi connectivity index (χ0) is 17.6. The zero-order valence-electron chi connectivity index (χ0n) is 14.3. The number of carbonyl (C=O) groups excluding carboxylic acids is 1. The molecule has 6 heteroatoms. The number of aromatic nitrogens is 1. The average molecular weight is 339 g/mol. The van der Waals surface area contributed by atoms with Crippen LogP contribution in [-0.2, 0) is 22.6 Å². The number of hydrogen-bond acceptors (Lipinski definition) is 4. The van der Waals surface area contributed by atoms with E-state index in [1.165, 1.54) is 11.6 Å². The number of esters is 1. The van der Waals surface area contributed by atoms with Crippen molar-refractivity contribution in [2.75, 3.05) is 6.61 Å². The summed E-state index contributed by atoms with van der Waals surface area (Å²) in [6.45, 7) is 2.39. The summed E-state index contributed by atoms with van der Waals surface area (Å²) in [6, 6.07) is 6.88. The van der Waals surface area contributed by atoms with E-state index >= 15 is 0 Å². The fourth-order valence-electron chi connectivity index (χ4n) is 3.87. The van der Waals surface area contributed by atoms with E-state index < -0.39 is 0 Å². The van der Waals surface area contributed by atoms with E-state index in [-0.39, 0.29) is 30.2 Å². The molecule has 4 nitrogen and oxygen atoms in total. The summed E-state index contributed by atoms with van der Waals surface area (Å²) in [5.41, 5.74) is 3.81. The minimum atomic E-state index is -0.273. The van der Waals surface area contributed by atoms with Crippen LogP contribution in [0.5, 0.6) is 5.88 Å². The molecule has 1 aromatic carbocycles. The average Bonchev–Trinajstić information content (AvgIpc) is 3.18. The lowest BCUT2D eigenvalue weighted by atomic mass is 9.94. The van der Waals surface area contributed by atoms with Crippen LogP contribution in [0.3, 0.4) is 0 Å². The maximum Gasteiger partial charge on any atom is 0.309 e. The molecule has 0 spiro atoms. The van der Waals surface area contributed by atoms with Gasteiger partial charge in [-0.1, -0.05) is 17.6 Å². The molecule has 2 aliphatic carbocycles. The predicted octanol–water partition coefficient (Wildman–Crippen LogP) is 1.51. The molecule has 0 saturated heterocycles. The first-order valence-electron chi connectivity index (χ1n) is 8.61. The topological polar surface area (TPSA) is 48.4 Å². The molecule has 1 fully saturated rings. The number of rotatable bonds is 5. The number of hydrogen-bond donors (Lipinski definition) is 0. The Morgan fingerprint density at radius 1 is 1.40 bits per heavy atom. The van der Waals surface area contributed by atoms with E-state index in [4.69, 9.17) is 9.47 Å². The van der Waals surface area contributed by atoms with E-state index in [1.807, 2.05) is 20.8 Å². The van der Waals surface area contributed by atoms with Crippen LogP contribution in [0.25, 0.3) is 0 Å². The summed E-state index contributed by atoms with van der Waals surface area (Å²) in [7, 11) is 1.92. The molecule has 1 heterocycles. The molecule has 0 bridgehead atoms. The van der Waals surface area contributed by atoms with Gasteiger partial charge in [0.05, 0.1) is 12.5 Å². The second-order valence-corrected chi connectivity index (χ2v) is 6.78. The summed E-state index contributed by atoms with van der Waals surface area (Å²) >= 11 is 0. The number of halogens is 1. The molecule has 2 aliphatic rings. The maximum absolute atomic E-state index is 13.8. The highest BCUT2D eigenvalue weighted by Gasteiger charge is 2.60. The van der Waals surface area contributed by atoms with Crippen molar-refractivity contribution in [3.63, 3.8) is 0 Å². The number of ether oxygens (including phenoxy) is 2. The van der Waals surface area contributed by atoms with Crippen molar-refractivity contribution < 1.29 is 18.7 Å². The van der Waals surface area contributed by atoms with E-state index in [9.17, 15) is 9.18 Å². The first kappa shape index (κ1) is 16.1. The molecule has 0 radical (unpaired) electrons. The van der Waals surface area contributed by atoms with E-state index in [0.717, 1.165) is 17.4 Å². The predicted molar refractivity (Wildman–Crippen MR) is 93.2 cm³/mol. The highest BCUT2D eigenvalue weighted by Crippen LogP contribution is 2.61. The smallest absolute Gasteiger partial charge is 0.309 e. The van der Waals surface area contributed by atoms with Gasteiger partial charge in [-0.05, 0) is 36.5 Å². The lowest BCUT2D eigenvalue weighted by Gasteiger charge is -2.11. The Morgan fingerprint density at radius 2 is 2.24 bits per heavy atom. The molecule has 4 rings (SSSR count). The second kappa shape index (κ2) is 6.17. The van der Waals surface area contributed by atoms with Gasteiger partial charge in [0, 0.05) is 23.7 Å². The molecule has 0 N–H and O–H groups in total. The van der Waals surface area contributed by atoms with E-state index in [0.29, 0.717) is 24.0 Å². The van der Waals surface area contributed by atoms with Gasteiger partial charge in [-0.25, -0.2) is 9.37 Å². The van der Waals surface area contributed by atoms with Crippen LogP contribution >= 0.6 is 0 Å². The van der Waals surface area contributed by atoms with Crippen LogP contribution < -0.4 is 10.2 Å². The summed E-state index contributed by atoms with van der Waals surface area (Å²) in [6.07, 6.45) is 2.64. The van der Waals surface area contributed by atoms with Crippen LogP contribution in [0.15, 0.2) is 30.5 Å². The minimum absolute atomic E-state index is 0.0117. The number of carbonyl (C=O) groups is 1. The van der Waals surface area contributed by atoms with Gasteiger partial charge >= 0.3 is 5.97 Å². The fraction of sp³-hybridized carbons (Fsp3) is 0.368. The monoisotopic (exact) mass is 339 g/mol. The molecule has 128 valence electrons. The lowest BCUT2D eigenvalue weighted by Crippen LogP contribution is -2.11. The highest BCUT2D eigenvalue weighted by molar-refractivity contribution is 6.32. The third-order valence-corrected chi connectivity index (χ3v) is 5.12. The maximum atomic E-state index is 13.8. The van der Waals surface area contributed by atoms with Crippen LogP contribution in [0.4, 0.5) is 4.39 Å². The number of pyridine rings is 1. The Labute approximate surface area is 146 Å². The molecular formula is C19H19BFNO3. The number of benzene rings is 1. The van der Waals surface area contributed by atoms with E-state index in [2.05, 4.69) is 4.98 Å². The second-order valence-electron chi connectivity index (χ2n) is 6.78. The largest absolute Gasteiger partial charge is 0.473 e. The molecule has 3 atom stereocenters. The van der Waals surface area contributed by atoms with Crippen molar-refractivity contribution in [3.05, 3.63) is 53.0 Å². The summed E-state index contributed by atoms with van der Waals surface area (Å²) in [4.78, 5) is 16.2. The standard InChI is InChI=1S/C19H19BFNO3/c1-2-24-19(23)18-13-6-10-7-16(22-8-14(10)17(13)18)25-9-11-5-12(20)3-4-15(11)21/h3-5,7-8,13,17-18H,2,6,9,20H2,1H3/t13-,17-,18+/m1/s1. The van der Waals surface area contributed by atoms with Gasteiger partial charge in [-0.3, -0.25) is 4.79 Å². The zero-order valence-corrected chi connectivity index (χ0v) is 14.3. The van der Waals surface area contributed by atoms with Gasteiger partial charge in [-0.15, -0.1) is 0 Å². The van der Waals surface area contributed by atoms with Gasteiger partial charge in [0.25, 0.3) is 0 Å². The Balaban J connectivity index is 1.44. The Morgan fingerprint density at radius 3 is 3.04 bits per heavy atom. The van der Waals surface area contributed by atoms with Crippen LogP contribution in [-0.4, -0.2) is 25.4 Å². The molecular weight excluding hydrogens is 320 g/mol. The molecule has 1 aromatic heterocycles. The van der Waals surface area contributed by atoms with E-state index in [1.54, 1.807) is 18.3 Å². The molecule has 25 heavy (non-hydrogen) atoms. The Hall–Kier alpha value is -2.37. The molecule has 2 aromatic rings. The number of fused-ring (bicyclic) bond motifs is 3. The van der Waals surface area contributed by atoms with Crippen LogP contribution in [0.1, 0.15) is 29.5 Å². The van der Waals surface area contributed by atoms with Crippen molar-refractivity contribution in [3.8, 4) is 5.88 Å². The molecule has 0 amide bonds. The minimum Gasteiger partial charge on any atom is -0.473 e. The normalized spacial score (nSPS) is 22.9. The highest BCUT2D eigenvalue weighted by atomic mass is 19.1. The molecule has 0 unspecified atom stereocenters. The van der Waals surface area contributed by atoms with Crippen LogP contribution in [0.2, 0.25) is 0 Å². The van der Waals surface area contributed by atoms with Gasteiger partial charge < -0.3 is 9.47 Å². The quantitative estimate of drug-likeness (QED) is 0.612. The van der Waals surface area contributed by atoms with Crippen molar-refractivity contribution in [1.29, 1.82) is 0 Å². The summed E-state index contributed by atoms with van der Waals surface area (Å²) < 4.78 is 24.6. The third-order valence-electron chi connectivity index (χ3n) is 5.12. The Bertz CT molecular complexity index is 841.